The average Bonchev–Trinajstić information content (AvgIpc) is 3.35. The van der Waals surface area contributed by atoms with Crippen LogP contribution >= 0.6 is 11.8 Å². The number of anilines is 2. The van der Waals surface area contributed by atoms with Crippen molar-refractivity contribution in [2.75, 3.05) is 17.2 Å². The van der Waals surface area contributed by atoms with E-state index in [1.807, 2.05) is 68.4 Å². The highest BCUT2D eigenvalue weighted by molar-refractivity contribution is 7.98. The van der Waals surface area contributed by atoms with Gasteiger partial charge in [-0.15, -0.1) is 5.10 Å². The fraction of sp³-hybridized carbons (Fsp3) is 0.258. The Labute approximate surface area is 237 Å². The molecule has 7 nitrogen and oxygen atoms in total. The molecule has 0 aliphatic carbocycles. The van der Waals surface area contributed by atoms with Crippen molar-refractivity contribution >= 4 is 29.3 Å². The molecule has 4 aromatic rings. The Morgan fingerprint density at radius 2 is 1.90 bits per heavy atom. The SMILES string of the molecule is CCCCOc1cccc(C2C(C(=O)Nc3ccccc3C)=C(C)Nc3nc(SCc4ccccc4F)nn32)c1. The molecule has 0 fully saturated rings. The Morgan fingerprint density at radius 1 is 1.10 bits per heavy atom. The van der Waals surface area contributed by atoms with Crippen LogP contribution < -0.4 is 15.4 Å². The van der Waals surface area contributed by atoms with Gasteiger partial charge in [-0.25, -0.2) is 9.07 Å². The van der Waals surface area contributed by atoms with Gasteiger partial charge in [-0.1, -0.05) is 73.6 Å². The summed E-state index contributed by atoms with van der Waals surface area (Å²) in [5, 5.41) is 11.6. The van der Waals surface area contributed by atoms with E-state index in [9.17, 15) is 9.18 Å². The molecule has 1 aliphatic heterocycles. The minimum Gasteiger partial charge on any atom is -0.494 e. The number of fused-ring (bicyclic) bond motifs is 1. The average molecular weight is 558 g/mol. The summed E-state index contributed by atoms with van der Waals surface area (Å²) >= 11 is 1.34. The second-order valence-corrected chi connectivity index (χ2v) is 10.6. The van der Waals surface area contributed by atoms with Gasteiger partial charge in [-0.3, -0.25) is 4.79 Å². The molecule has 2 heterocycles. The first-order chi connectivity index (χ1) is 19.4. The predicted octanol–water partition coefficient (Wildman–Crippen LogP) is 7.12. The normalized spacial score (nSPS) is 14.4. The first kappa shape index (κ1) is 27.5. The van der Waals surface area contributed by atoms with Crippen LogP contribution in [0.3, 0.4) is 0 Å². The zero-order valence-corrected chi connectivity index (χ0v) is 23.6. The van der Waals surface area contributed by atoms with Gasteiger partial charge in [-0.2, -0.15) is 4.98 Å². The Bertz CT molecular complexity index is 1550. The first-order valence-electron chi connectivity index (χ1n) is 13.3. The lowest BCUT2D eigenvalue weighted by Gasteiger charge is -2.29. The van der Waals surface area contributed by atoms with Gasteiger partial charge in [0.25, 0.3) is 5.91 Å². The number of ether oxygens (including phenoxy) is 1. The highest BCUT2D eigenvalue weighted by atomic mass is 32.2. The third-order valence-electron chi connectivity index (χ3n) is 6.73. The van der Waals surface area contributed by atoms with Crippen LogP contribution in [0.15, 0.2) is 89.2 Å². The smallest absolute Gasteiger partial charge is 0.255 e. The maximum atomic E-state index is 14.2. The number of aromatic nitrogens is 3. The molecule has 3 aromatic carbocycles. The number of hydrogen-bond donors (Lipinski definition) is 2. The zero-order chi connectivity index (χ0) is 28.1. The topological polar surface area (TPSA) is 81.1 Å². The molecule has 1 aromatic heterocycles. The number of nitrogens with one attached hydrogen (secondary N) is 2. The molecule has 9 heteroatoms. The van der Waals surface area contributed by atoms with Gasteiger partial charge in [-0.05, 0) is 61.2 Å². The summed E-state index contributed by atoms with van der Waals surface area (Å²) in [6, 6.07) is 21.6. The fourth-order valence-electron chi connectivity index (χ4n) is 4.56. The number of hydrogen-bond acceptors (Lipinski definition) is 6. The van der Waals surface area contributed by atoms with Gasteiger partial charge in [0.1, 0.15) is 17.6 Å². The Hall–Kier alpha value is -4.11. The molecule has 1 aliphatic rings. The van der Waals surface area contributed by atoms with Crippen LogP contribution in [0.2, 0.25) is 0 Å². The molecule has 40 heavy (non-hydrogen) atoms. The van der Waals surface area contributed by atoms with Gasteiger partial charge in [0, 0.05) is 17.1 Å². The maximum absolute atomic E-state index is 14.2. The Balaban J connectivity index is 1.50. The van der Waals surface area contributed by atoms with E-state index < -0.39 is 6.04 Å². The molecule has 0 spiro atoms. The second-order valence-electron chi connectivity index (χ2n) is 9.65. The van der Waals surface area contributed by atoms with Gasteiger partial charge in [0.2, 0.25) is 11.1 Å². The summed E-state index contributed by atoms with van der Waals surface area (Å²) in [6.45, 7) is 6.56. The number of allylic oxidation sites excluding steroid dienone is 1. The lowest BCUT2D eigenvalue weighted by atomic mass is 9.94. The molecule has 0 bridgehead atoms. The van der Waals surface area contributed by atoms with E-state index in [1.165, 1.54) is 17.8 Å². The van der Waals surface area contributed by atoms with E-state index in [0.29, 0.717) is 40.3 Å². The number of para-hydroxylation sites is 1. The van der Waals surface area contributed by atoms with Crippen LogP contribution in [0.4, 0.5) is 16.0 Å². The van der Waals surface area contributed by atoms with Crippen LogP contribution in [-0.2, 0) is 10.5 Å². The standard InChI is InChI=1S/C31H32FN5O2S/c1-4-5-17-39-24-14-10-13-22(18-24)28-27(29(38)34-26-16-9-6-11-20(26)2)21(3)33-30-35-31(36-37(28)30)40-19-23-12-7-8-15-25(23)32/h6-16,18,28H,4-5,17,19H2,1-3H3,(H,34,38)(H,33,35,36). The largest absolute Gasteiger partial charge is 0.494 e. The number of nitrogens with zero attached hydrogens (tertiary/aromatic N) is 3. The van der Waals surface area contributed by atoms with Crippen LogP contribution in [0.5, 0.6) is 5.75 Å². The summed E-state index contributed by atoms with van der Waals surface area (Å²) in [4.78, 5) is 18.5. The number of halogens is 1. The molecule has 0 saturated heterocycles. The summed E-state index contributed by atoms with van der Waals surface area (Å²) < 4.78 is 21.9. The molecular weight excluding hydrogens is 525 g/mol. The minimum absolute atomic E-state index is 0.233. The maximum Gasteiger partial charge on any atom is 0.255 e. The number of amides is 1. The van der Waals surface area contributed by atoms with Crippen molar-refractivity contribution in [1.29, 1.82) is 0 Å². The fourth-order valence-corrected chi connectivity index (χ4v) is 5.38. The van der Waals surface area contributed by atoms with Crippen LogP contribution in [0.1, 0.15) is 49.4 Å². The van der Waals surface area contributed by atoms with E-state index in [4.69, 9.17) is 9.84 Å². The van der Waals surface area contributed by atoms with E-state index in [0.717, 1.165) is 35.4 Å². The third-order valence-corrected chi connectivity index (χ3v) is 7.61. The van der Waals surface area contributed by atoms with E-state index in [1.54, 1.807) is 16.8 Å². The zero-order valence-electron chi connectivity index (χ0n) is 22.8. The third kappa shape index (κ3) is 6.04. The number of rotatable bonds is 10. The van der Waals surface area contributed by atoms with Crippen molar-refractivity contribution in [2.45, 2.75) is 50.6 Å². The summed E-state index contributed by atoms with van der Waals surface area (Å²) in [5.74, 6) is 1.14. The van der Waals surface area contributed by atoms with Crippen LogP contribution in [0, 0.1) is 12.7 Å². The van der Waals surface area contributed by atoms with Crippen LogP contribution in [0.25, 0.3) is 0 Å². The number of carbonyl (C=O) groups is 1. The summed E-state index contributed by atoms with van der Waals surface area (Å²) in [7, 11) is 0. The molecule has 1 amide bonds. The summed E-state index contributed by atoms with van der Waals surface area (Å²) in [6.07, 6.45) is 1.99. The lowest BCUT2D eigenvalue weighted by Crippen LogP contribution is -2.31. The van der Waals surface area contributed by atoms with Crippen molar-refractivity contribution in [1.82, 2.24) is 14.8 Å². The number of carbonyl (C=O) groups excluding carboxylic acids is 1. The van der Waals surface area contributed by atoms with Crippen molar-refractivity contribution in [3.05, 3.63) is 107 Å². The number of unbranched alkanes of at least 4 members (excludes halogenated alkanes) is 1. The van der Waals surface area contributed by atoms with E-state index >= 15 is 0 Å². The molecule has 2 N–H and O–H groups in total. The number of thioether (sulfide) groups is 1. The van der Waals surface area contributed by atoms with E-state index in [2.05, 4.69) is 22.5 Å². The monoisotopic (exact) mass is 557 g/mol. The van der Waals surface area contributed by atoms with E-state index in [-0.39, 0.29) is 11.7 Å². The Kier molecular flexibility index (Phi) is 8.50. The highest BCUT2D eigenvalue weighted by Crippen LogP contribution is 2.38. The van der Waals surface area contributed by atoms with Gasteiger partial charge >= 0.3 is 0 Å². The predicted molar refractivity (Wildman–Crippen MR) is 157 cm³/mol. The molecule has 206 valence electrons. The minimum atomic E-state index is -0.551. The molecule has 1 unspecified atom stereocenters. The van der Waals surface area contributed by atoms with Gasteiger partial charge in [0.05, 0.1) is 12.2 Å². The van der Waals surface area contributed by atoms with Gasteiger partial charge < -0.3 is 15.4 Å². The highest BCUT2D eigenvalue weighted by Gasteiger charge is 2.35. The van der Waals surface area contributed by atoms with Crippen molar-refractivity contribution in [3.8, 4) is 5.75 Å². The van der Waals surface area contributed by atoms with Crippen molar-refractivity contribution in [2.24, 2.45) is 0 Å². The number of aryl methyl sites for hydroxylation is 1. The first-order valence-corrected chi connectivity index (χ1v) is 14.3. The molecule has 1 atom stereocenters. The van der Waals surface area contributed by atoms with Crippen molar-refractivity contribution in [3.63, 3.8) is 0 Å². The quantitative estimate of drug-likeness (QED) is 0.160. The lowest BCUT2D eigenvalue weighted by molar-refractivity contribution is -0.113. The van der Waals surface area contributed by atoms with Crippen LogP contribution in [-0.4, -0.2) is 27.3 Å². The molecular formula is C31H32FN5O2S. The molecule has 0 saturated carbocycles. The van der Waals surface area contributed by atoms with Gasteiger partial charge in [0.15, 0.2) is 0 Å². The summed E-state index contributed by atoms with van der Waals surface area (Å²) in [5.41, 5.74) is 4.34. The molecule has 5 rings (SSSR count). The Morgan fingerprint density at radius 3 is 2.70 bits per heavy atom. The molecule has 0 radical (unpaired) electrons. The number of benzene rings is 3. The van der Waals surface area contributed by atoms with Crippen molar-refractivity contribution < 1.29 is 13.9 Å². The second kappa shape index (κ2) is 12.4.